The second-order valence-electron chi connectivity index (χ2n) is 9.44. The molecule has 5 nitrogen and oxygen atoms in total. The van der Waals surface area contributed by atoms with Gasteiger partial charge in [-0.05, 0) is 71.9 Å². The molecule has 3 aromatic heterocycles. The van der Waals surface area contributed by atoms with Gasteiger partial charge in [0.25, 0.3) is 0 Å². The summed E-state index contributed by atoms with van der Waals surface area (Å²) < 4.78 is 0. The molecule has 0 saturated heterocycles. The molecule has 0 bridgehead atoms. The van der Waals surface area contributed by atoms with Gasteiger partial charge in [-0.25, -0.2) is 0 Å². The lowest BCUT2D eigenvalue weighted by Crippen LogP contribution is -2.29. The average molecular weight is 476 g/mol. The van der Waals surface area contributed by atoms with Crippen LogP contribution in [0, 0.1) is 5.92 Å². The van der Waals surface area contributed by atoms with Crippen LogP contribution in [0.1, 0.15) is 40.2 Å². The fraction of sp³-hybridized carbons (Fsp3) is 0.258. The van der Waals surface area contributed by atoms with E-state index in [9.17, 15) is 0 Å². The van der Waals surface area contributed by atoms with E-state index in [1.54, 1.807) is 0 Å². The molecule has 1 aromatic carbocycles. The Morgan fingerprint density at radius 3 is 2.25 bits per heavy atom. The Bertz CT molecular complexity index is 1240. The Hall–Kier alpha value is -3.67. The summed E-state index contributed by atoms with van der Waals surface area (Å²) >= 11 is 0. The zero-order chi connectivity index (χ0) is 24.4. The highest BCUT2D eigenvalue weighted by molar-refractivity contribution is 5.50. The van der Waals surface area contributed by atoms with Crippen molar-refractivity contribution in [3.63, 3.8) is 0 Å². The van der Waals surface area contributed by atoms with Crippen LogP contribution in [0.4, 0.5) is 0 Å². The summed E-state index contributed by atoms with van der Waals surface area (Å²) in [6.07, 6.45) is 12.4. The number of rotatable bonds is 10. The molecule has 0 saturated carbocycles. The van der Waals surface area contributed by atoms with Crippen LogP contribution in [0.2, 0.25) is 0 Å². The van der Waals surface area contributed by atoms with E-state index in [0.29, 0.717) is 5.92 Å². The average Bonchev–Trinajstić information content (AvgIpc) is 3.13. The van der Waals surface area contributed by atoms with Crippen molar-refractivity contribution in [2.75, 3.05) is 6.54 Å². The van der Waals surface area contributed by atoms with Gasteiger partial charge in [0, 0.05) is 51.3 Å². The minimum atomic E-state index is 0.484. The summed E-state index contributed by atoms with van der Waals surface area (Å²) in [5, 5.41) is 3.48. The van der Waals surface area contributed by atoms with E-state index in [0.717, 1.165) is 62.6 Å². The van der Waals surface area contributed by atoms with Gasteiger partial charge in [0.05, 0.1) is 17.1 Å². The number of hydrogen-bond acceptors (Lipinski definition) is 5. The number of nitrogens with zero attached hydrogens (tertiary/aromatic N) is 4. The molecule has 0 fully saturated rings. The molecule has 0 radical (unpaired) electrons. The molecule has 4 aromatic rings. The quantitative estimate of drug-likeness (QED) is 0.331. The second-order valence-corrected chi connectivity index (χ2v) is 9.44. The summed E-state index contributed by atoms with van der Waals surface area (Å²) in [6, 6.07) is 25.4. The summed E-state index contributed by atoms with van der Waals surface area (Å²) in [4.78, 5) is 16.0. The largest absolute Gasteiger partial charge is 0.307 e. The normalized spacial score (nSPS) is 15.0. The van der Waals surface area contributed by atoms with E-state index in [2.05, 4.69) is 79.8 Å². The third kappa shape index (κ3) is 6.94. The van der Waals surface area contributed by atoms with E-state index < -0.39 is 0 Å². The van der Waals surface area contributed by atoms with E-state index in [4.69, 9.17) is 0 Å². The molecule has 5 heteroatoms. The standard InChI is InChI=1S/C31H33N5/c1-3-17-33-29(7-1)21-32-20-25-9-11-26(12-10-25)22-36(24-30-8-2-4-18-34-30)23-27-13-15-28-6-5-19-35-31(28)16-14-27/h1-12,14,16-19,27,32H,13,15,20-24H2. The third-order valence-electron chi connectivity index (χ3n) is 6.63. The third-order valence-corrected chi connectivity index (χ3v) is 6.63. The molecule has 182 valence electrons. The molecule has 36 heavy (non-hydrogen) atoms. The van der Waals surface area contributed by atoms with Gasteiger partial charge in [0.2, 0.25) is 0 Å². The number of nitrogens with one attached hydrogen (secondary N) is 1. The van der Waals surface area contributed by atoms with Crippen LogP contribution in [0.5, 0.6) is 0 Å². The van der Waals surface area contributed by atoms with Crippen molar-refractivity contribution in [3.05, 3.63) is 131 Å². The lowest BCUT2D eigenvalue weighted by atomic mass is 10.0. The summed E-state index contributed by atoms with van der Waals surface area (Å²) in [7, 11) is 0. The molecule has 1 aliphatic rings. The molecule has 5 rings (SSSR count). The number of hydrogen-bond donors (Lipinski definition) is 1. The second kappa shape index (κ2) is 12.3. The molecular weight excluding hydrogens is 442 g/mol. The first-order chi connectivity index (χ1) is 17.8. The zero-order valence-electron chi connectivity index (χ0n) is 20.6. The maximum atomic E-state index is 4.59. The monoisotopic (exact) mass is 475 g/mol. The highest BCUT2D eigenvalue weighted by Crippen LogP contribution is 2.23. The smallest absolute Gasteiger partial charge is 0.0658 e. The van der Waals surface area contributed by atoms with Crippen LogP contribution in [0.3, 0.4) is 0 Å². The van der Waals surface area contributed by atoms with Gasteiger partial charge < -0.3 is 5.32 Å². The van der Waals surface area contributed by atoms with Crippen molar-refractivity contribution < 1.29 is 0 Å². The molecule has 0 amide bonds. The van der Waals surface area contributed by atoms with E-state index in [1.165, 1.54) is 16.7 Å². The Morgan fingerprint density at radius 2 is 1.47 bits per heavy atom. The van der Waals surface area contributed by atoms with Gasteiger partial charge in [-0.2, -0.15) is 0 Å². The predicted molar refractivity (Wildman–Crippen MR) is 145 cm³/mol. The van der Waals surface area contributed by atoms with Crippen LogP contribution < -0.4 is 5.32 Å². The van der Waals surface area contributed by atoms with Crippen LogP contribution in [0.15, 0.2) is 97.5 Å². The van der Waals surface area contributed by atoms with Gasteiger partial charge in [-0.15, -0.1) is 0 Å². The zero-order valence-corrected chi connectivity index (χ0v) is 20.6. The van der Waals surface area contributed by atoms with E-state index in [-0.39, 0.29) is 0 Å². The molecule has 1 N–H and O–H groups in total. The maximum Gasteiger partial charge on any atom is 0.0658 e. The first-order valence-corrected chi connectivity index (χ1v) is 12.7. The number of aryl methyl sites for hydroxylation is 1. The SMILES string of the molecule is C1=CC(CN(Cc2ccc(CNCc3ccccn3)cc2)Cc2ccccn2)CCc2cccnc21. The predicted octanol–water partition coefficient (Wildman–Crippen LogP) is 5.44. The first-order valence-electron chi connectivity index (χ1n) is 12.7. The van der Waals surface area contributed by atoms with Gasteiger partial charge >= 0.3 is 0 Å². The topological polar surface area (TPSA) is 53.9 Å². The summed E-state index contributed by atoms with van der Waals surface area (Å²) in [5.41, 5.74) is 7.23. The van der Waals surface area contributed by atoms with Crippen molar-refractivity contribution in [1.29, 1.82) is 0 Å². The van der Waals surface area contributed by atoms with E-state index in [1.807, 2.05) is 48.9 Å². The van der Waals surface area contributed by atoms with Crippen molar-refractivity contribution in [2.45, 2.75) is 39.0 Å². The highest BCUT2D eigenvalue weighted by atomic mass is 15.1. The maximum absolute atomic E-state index is 4.59. The molecule has 3 heterocycles. The van der Waals surface area contributed by atoms with Crippen LogP contribution >= 0.6 is 0 Å². The summed E-state index contributed by atoms with van der Waals surface area (Å²) in [5.74, 6) is 0.484. The van der Waals surface area contributed by atoms with Crippen molar-refractivity contribution in [3.8, 4) is 0 Å². The number of fused-ring (bicyclic) bond motifs is 1. The Morgan fingerprint density at radius 1 is 0.722 bits per heavy atom. The Kier molecular flexibility index (Phi) is 8.24. The molecule has 0 spiro atoms. The fourth-order valence-electron chi connectivity index (χ4n) is 4.72. The molecule has 0 aliphatic heterocycles. The van der Waals surface area contributed by atoms with Crippen molar-refractivity contribution in [2.24, 2.45) is 5.92 Å². The minimum absolute atomic E-state index is 0.484. The first kappa shape index (κ1) is 24.0. The van der Waals surface area contributed by atoms with E-state index >= 15 is 0 Å². The molecule has 1 unspecified atom stereocenters. The van der Waals surface area contributed by atoms with Crippen LogP contribution in [0.25, 0.3) is 6.08 Å². The minimum Gasteiger partial charge on any atom is -0.307 e. The summed E-state index contributed by atoms with van der Waals surface area (Å²) in [6.45, 7) is 4.33. The molecule has 1 aliphatic carbocycles. The number of benzene rings is 1. The Balaban J connectivity index is 1.21. The van der Waals surface area contributed by atoms with Crippen molar-refractivity contribution in [1.82, 2.24) is 25.2 Å². The lowest BCUT2D eigenvalue weighted by Gasteiger charge is -2.26. The van der Waals surface area contributed by atoms with Gasteiger partial charge in [0.1, 0.15) is 0 Å². The molecule has 1 atom stereocenters. The van der Waals surface area contributed by atoms with Crippen LogP contribution in [-0.4, -0.2) is 26.4 Å². The van der Waals surface area contributed by atoms with Gasteiger partial charge in [-0.1, -0.05) is 48.5 Å². The fourth-order valence-corrected chi connectivity index (χ4v) is 4.72. The lowest BCUT2D eigenvalue weighted by molar-refractivity contribution is 0.224. The van der Waals surface area contributed by atoms with Crippen LogP contribution in [-0.2, 0) is 32.6 Å². The van der Waals surface area contributed by atoms with Gasteiger partial charge in [-0.3, -0.25) is 19.9 Å². The number of pyridine rings is 3. The van der Waals surface area contributed by atoms with Gasteiger partial charge in [0.15, 0.2) is 0 Å². The molecular formula is C31H33N5. The van der Waals surface area contributed by atoms with Crippen molar-refractivity contribution >= 4 is 6.08 Å². The highest BCUT2D eigenvalue weighted by Gasteiger charge is 2.17. The number of aromatic nitrogens is 3. The Labute approximate surface area is 214 Å².